The van der Waals surface area contributed by atoms with E-state index in [0.717, 1.165) is 44.0 Å². The number of rotatable bonds is 5. The Balaban J connectivity index is 1.50. The first-order chi connectivity index (χ1) is 12.5. The van der Waals surface area contributed by atoms with Crippen LogP contribution in [0.3, 0.4) is 0 Å². The van der Waals surface area contributed by atoms with E-state index in [-0.39, 0.29) is 11.9 Å². The van der Waals surface area contributed by atoms with Gasteiger partial charge >= 0.3 is 0 Å². The van der Waals surface area contributed by atoms with Crippen LogP contribution < -0.4 is 15.1 Å². The van der Waals surface area contributed by atoms with E-state index in [1.807, 2.05) is 38.1 Å². The third kappa shape index (κ3) is 4.71. The summed E-state index contributed by atoms with van der Waals surface area (Å²) in [5, 5.41) is 3.07. The zero-order chi connectivity index (χ0) is 18.5. The quantitative estimate of drug-likeness (QED) is 0.724. The van der Waals surface area contributed by atoms with E-state index >= 15 is 0 Å². The minimum Gasteiger partial charge on any atom is -0.322 e. The fourth-order valence-electron chi connectivity index (χ4n) is 3.77. The molecule has 1 heterocycles. The molecule has 0 bridgehead atoms. The average Bonchev–Trinajstić information content (AvgIpc) is 2.64. The first kappa shape index (κ1) is 18.6. The van der Waals surface area contributed by atoms with Gasteiger partial charge in [0, 0.05) is 11.3 Å². The van der Waals surface area contributed by atoms with Crippen molar-refractivity contribution in [2.75, 3.05) is 31.5 Å². The Labute approximate surface area is 156 Å². The van der Waals surface area contributed by atoms with Crippen LogP contribution in [0.15, 0.2) is 48.5 Å². The van der Waals surface area contributed by atoms with Gasteiger partial charge in [-0.3, -0.25) is 4.79 Å². The van der Waals surface area contributed by atoms with E-state index in [1.165, 1.54) is 16.0 Å². The van der Waals surface area contributed by atoms with Crippen LogP contribution in [0.4, 0.5) is 5.69 Å². The molecular formula is C22H31N3O+2. The molecule has 1 aliphatic rings. The number of piperazine rings is 1. The Kier molecular flexibility index (Phi) is 6.07. The molecule has 0 aliphatic carbocycles. The second kappa shape index (κ2) is 8.47. The number of amides is 1. The lowest BCUT2D eigenvalue weighted by atomic mass is 10.1. The van der Waals surface area contributed by atoms with Crippen molar-refractivity contribution in [3.63, 3.8) is 0 Å². The maximum absolute atomic E-state index is 12.6. The van der Waals surface area contributed by atoms with Crippen molar-refractivity contribution in [3.8, 4) is 0 Å². The highest BCUT2D eigenvalue weighted by Crippen LogP contribution is 2.09. The van der Waals surface area contributed by atoms with Crippen LogP contribution >= 0.6 is 0 Å². The molecule has 2 aromatic rings. The number of hydrogen-bond donors (Lipinski definition) is 3. The molecule has 4 heteroatoms. The molecule has 1 fully saturated rings. The summed E-state index contributed by atoms with van der Waals surface area (Å²) in [6, 6.07) is 16.6. The molecule has 0 saturated carbocycles. The molecule has 3 rings (SSSR count). The highest BCUT2D eigenvalue weighted by atomic mass is 16.2. The van der Waals surface area contributed by atoms with E-state index in [2.05, 4.69) is 36.5 Å². The Morgan fingerprint density at radius 3 is 2.46 bits per heavy atom. The molecule has 2 aromatic carbocycles. The van der Waals surface area contributed by atoms with Crippen molar-refractivity contribution in [1.29, 1.82) is 0 Å². The fourth-order valence-corrected chi connectivity index (χ4v) is 3.77. The van der Waals surface area contributed by atoms with Gasteiger partial charge in [-0.25, -0.2) is 0 Å². The van der Waals surface area contributed by atoms with E-state index in [9.17, 15) is 4.79 Å². The van der Waals surface area contributed by atoms with Crippen LogP contribution in [0.2, 0.25) is 0 Å². The highest BCUT2D eigenvalue weighted by molar-refractivity contribution is 5.93. The standard InChI is InChI=1S/C22H29N3O/c1-17-7-6-10-21(15-17)23-22(26)19(3)25-13-11-24(12-14-25)16-20-9-5-4-8-18(20)2/h4-10,15,19H,11-14,16H2,1-3H3,(H,23,26)/p+2/t19-/m1/s1. The molecule has 138 valence electrons. The maximum atomic E-state index is 12.6. The summed E-state index contributed by atoms with van der Waals surface area (Å²) in [6.07, 6.45) is 0. The van der Waals surface area contributed by atoms with Crippen molar-refractivity contribution in [2.24, 2.45) is 0 Å². The van der Waals surface area contributed by atoms with Crippen molar-refractivity contribution in [3.05, 3.63) is 65.2 Å². The summed E-state index contributed by atoms with van der Waals surface area (Å²) in [7, 11) is 0. The van der Waals surface area contributed by atoms with Gasteiger partial charge in [-0.2, -0.15) is 0 Å². The van der Waals surface area contributed by atoms with Gasteiger partial charge in [0.25, 0.3) is 5.91 Å². The van der Waals surface area contributed by atoms with Crippen molar-refractivity contribution in [2.45, 2.75) is 33.4 Å². The molecular weight excluding hydrogens is 322 g/mol. The van der Waals surface area contributed by atoms with Gasteiger partial charge in [0.05, 0.1) is 0 Å². The normalized spacial score (nSPS) is 21.2. The Hall–Kier alpha value is -2.17. The van der Waals surface area contributed by atoms with Crippen molar-refractivity contribution >= 4 is 11.6 Å². The molecule has 0 spiro atoms. The van der Waals surface area contributed by atoms with Gasteiger partial charge in [-0.05, 0) is 44.0 Å². The third-order valence-corrected chi connectivity index (χ3v) is 5.59. The maximum Gasteiger partial charge on any atom is 0.282 e. The van der Waals surface area contributed by atoms with Gasteiger partial charge in [0.2, 0.25) is 0 Å². The topological polar surface area (TPSA) is 38.0 Å². The van der Waals surface area contributed by atoms with Gasteiger partial charge in [-0.1, -0.05) is 36.4 Å². The molecule has 1 atom stereocenters. The second-order valence-electron chi connectivity index (χ2n) is 7.59. The van der Waals surface area contributed by atoms with E-state index in [1.54, 1.807) is 4.90 Å². The minimum absolute atomic E-state index is 0.0180. The number of hydrogen-bond acceptors (Lipinski definition) is 1. The van der Waals surface area contributed by atoms with Crippen LogP contribution in [0.1, 0.15) is 23.6 Å². The number of anilines is 1. The highest BCUT2D eigenvalue weighted by Gasteiger charge is 2.31. The Morgan fingerprint density at radius 1 is 1.04 bits per heavy atom. The first-order valence-electron chi connectivity index (χ1n) is 9.63. The van der Waals surface area contributed by atoms with Crippen LogP contribution in [-0.4, -0.2) is 38.1 Å². The predicted octanol–water partition coefficient (Wildman–Crippen LogP) is 0.614. The fraction of sp³-hybridized carbons (Fsp3) is 0.409. The number of carbonyl (C=O) groups is 1. The van der Waals surface area contributed by atoms with Gasteiger partial charge in [-0.15, -0.1) is 0 Å². The largest absolute Gasteiger partial charge is 0.322 e. The molecule has 0 radical (unpaired) electrons. The minimum atomic E-state index is -0.0180. The molecule has 0 aromatic heterocycles. The molecule has 4 nitrogen and oxygen atoms in total. The Morgan fingerprint density at radius 2 is 1.77 bits per heavy atom. The summed E-state index contributed by atoms with van der Waals surface area (Å²) in [5.41, 5.74) is 4.87. The summed E-state index contributed by atoms with van der Waals surface area (Å²) in [5.74, 6) is 0.118. The molecule has 0 unspecified atom stereocenters. The number of carbonyl (C=O) groups excluding carboxylic acids is 1. The molecule has 26 heavy (non-hydrogen) atoms. The monoisotopic (exact) mass is 353 g/mol. The van der Waals surface area contributed by atoms with Gasteiger partial charge < -0.3 is 15.1 Å². The smallest absolute Gasteiger partial charge is 0.282 e. The SMILES string of the molecule is Cc1cccc(NC(=O)[C@@H](C)[NH+]2CC[NH+](Cc3ccccc3C)CC2)c1. The lowest BCUT2D eigenvalue weighted by molar-refractivity contribution is -1.02. The number of nitrogens with one attached hydrogen (secondary N) is 3. The molecule has 1 saturated heterocycles. The average molecular weight is 354 g/mol. The zero-order valence-electron chi connectivity index (χ0n) is 16.1. The first-order valence-corrected chi connectivity index (χ1v) is 9.63. The molecule has 1 aliphatic heterocycles. The second-order valence-corrected chi connectivity index (χ2v) is 7.59. The summed E-state index contributed by atoms with van der Waals surface area (Å²) >= 11 is 0. The lowest BCUT2D eigenvalue weighted by Crippen LogP contribution is -3.29. The van der Waals surface area contributed by atoms with Crippen molar-refractivity contribution in [1.82, 2.24) is 0 Å². The van der Waals surface area contributed by atoms with Crippen molar-refractivity contribution < 1.29 is 14.6 Å². The molecule has 3 N–H and O–H groups in total. The van der Waals surface area contributed by atoms with Crippen LogP contribution in [0.5, 0.6) is 0 Å². The summed E-state index contributed by atoms with van der Waals surface area (Å²) in [6.45, 7) is 11.7. The van der Waals surface area contributed by atoms with Crippen LogP contribution in [0, 0.1) is 13.8 Å². The third-order valence-electron chi connectivity index (χ3n) is 5.59. The van der Waals surface area contributed by atoms with E-state index < -0.39 is 0 Å². The summed E-state index contributed by atoms with van der Waals surface area (Å²) in [4.78, 5) is 15.6. The number of aryl methyl sites for hydroxylation is 2. The Bertz CT molecular complexity index is 751. The predicted molar refractivity (Wildman–Crippen MR) is 106 cm³/mol. The zero-order valence-corrected chi connectivity index (χ0v) is 16.1. The van der Waals surface area contributed by atoms with Crippen LogP contribution in [-0.2, 0) is 11.3 Å². The summed E-state index contributed by atoms with van der Waals surface area (Å²) < 4.78 is 0. The van der Waals surface area contributed by atoms with E-state index in [0.29, 0.717) is 0 Å². The molecule has 1 amide bonds. The van der Waals surface area contributed by atoms with Gasteiger partial charge in [0.1, 0.15) is 32.7 Å². The van der Waals surface area contributed by atoms with Crippen LogP contribution in [0.25, 0.3) is 0 Å². The van der Waals surface area contributed by atoms with Gasteiger partial charge in [0.15, 0.2) is 6.04 Å². The van der Waals surface area contributed by atoms with E-state index in [4.69, 9.17) is 0 Å². The number of quaternary nitrogens is 2. The number of benzene rings is 2. The lowest BCUT2D eigenvalue weighted by Gasteiger charge is -2.32.